The van der Waals surface area contributed by atoms with Gasteiger partial charge in [-0.15, -0.1) is 10.2 Å². The van der Waals surface area contributed by atoms with Crippen molar-refractivity contribution in [1.29, 1.82) is 0 Å². The van der Waals surface area contributed by atoms with E-state index in [9.17, 15) is 36.3 Å². The number of sulfonamides is 1. The molecule has 3 N–H and O–H groups in total. The predicted octanol–water partition coefficient (Wildman–Crippen LogP) is 4.03. The topological polar surface area (TPSA) is 164 Å². The van der Waals surface area contributed by atoms with Crippen LogP contribution in [0.1, 0.15) is 75.7 Å². The normalized spacial score (nSPS) is 18.7. The van der Waals surface area contributed by atoms with Gasteiger partial charge < -0.3 is 15.7 Å². The molecule has 1 amide bonds. The molecule has 16 heteroatoms. The molecule has 1 fully saturated rings. The number of carbonyl (C=O) groups is 2. The molecular weight excluding hydrogens is 639 g/mol. The van der Waals surface area contributed by atoms with Crippen LogP contribution in [0.5, 0.6) is 0 Å². The lowest BCUT2D eigenvalue weighted by Gasteiger charge is -2.36. The van der Waals surface area contributed by atoms with E-state index in [1.165, 1.54) is 28.7 Å². The Labute approximate surface area is 268 Å². The van der Waals surface area contributed by atoms with Crippen molar-refractivity contribution < 1.29 is 36.3 Å². The molecule has 6 rings (SSSR count). The second-order valence-electron chi connectivity index (χ2n) is 12.0. The molecule has 0 saturated carbocycles. The molecule has 2 aliphatic rings. The number of amides is 1. The summed E-state index contributed by atoms with van der Waals surface area (Å²) in [5, 5.41) is 16.9. The van der Waals surface area contributed by atoms with Crippen LogP contribution in [0.15, 0.2) is 47.5 Å². The monoisotopic (exact) mass is 671 g/mol. The van der Waals surface area contributed by atoms with Gasteiger partial charge in [0.05, 0.1) is 6.42 Å². The van der Waals surface area contributed by atoms with E-state index in [-0.39, 0.29) is 47.6 Å². The van der Waals surface area contributed by atoms with Gasteiger partial charge in [0.25, 0.3) is 5.91 Å². The molecule has 0 spiro atoms. The number of aliphatic carboxylic acids is 1. The molecule has 2 atom stereocenters. The first-order valence-electron chi connectivity index (χ1n) is 15.0. The number of piperidine rings is 1. The molecule has 248 valence electrons. The molecule has 12 nitrogen and oxygen atoms in total. The quantitative estimate of drug-likeness (QED) is 0.295. The molecule has 47 heavy (non-hydrogen) atoms. The summed E-state index contributed by atoms with van der Waals surface area (Å²) in [5.41, 5.74) is 8.15. The van der Waals surface area contributed by atoms with Gasteiger partial charge in [-0.3, -0.25) is 14.0 Å². The maximum absolute atomic E-state index is 14.2. The van der Waals surface area contributed by atoms with Crippen LogP contribution < -0.4 is 10.6 Å². The van der Waals surface area contributed by atoms with Gasteiger partial charge >= 0.3 is 12.1 Å². The number of nitrogens with zero attached hydrogens (tertiary/aromatic N) is 6. The van der Waals surface area contributed by atoms with Gasteiger partial charge in [0, 0.05) is 37.8 Å². The van der Waals surface area contributed by atoms with Crippen molar-refractivity contribution in [1.82, 2.24) is 23.9 Å². The third-order valence-corrected chi connectivity index (χ3v) is 10.9. The number of pyridine rings is 2. The Morgan fingerprint density at radius 1 is 1.11 bits per heavy atom. The third-order valence-electron chi connectivity index (χ3n) is 9.02. The summed E-state index contributed by atoms with van der Waals surface area (Å²) in [7, 11) is -4.11. The molecule has 0 radical (unpaired) electrons. The third kappa shape index (κ3) is 5.91. The number of alkyl halides is 3. The number of anilines is 1. The molecule has 2 aliphatic heterocycles. The van der Waals surface area contributed by atoms with Crippen molar-refractivity contribution >= 4 is 33.4 Å². The Kier molecular flexibility index (Phi) is 8.20. The second-order valence-corrected chi connectivity index (χ2v) is 13.9. The van der Waals surface area contributed by atoms with Crippen molar-refractivity contribution in [3.8, 4) is 0 Å². The fourth-order valence-electron chi connectivity index (χ4n) is 6.59. The van der Waals surface area contributed by atoms with Crippen LogP contribution in [0.4, 0.5) is 19.0 Å². The van der Waals surface area contributed by atoms with E-state index in [1.807, 2.05) is 11.8 Å². The number of carboxylic acid groups (broad SMARTS) is 1. The number of benzene rings is 1. The summed E-state index contributed by atoms with van der Waals surface area (Å²) < 4.78 is 71.0. The molecule has 1 saturated heterocycles. The van der Waals surface area contributed by atoms with Gasteiger partial charge in [0.1, 0.15) is 16.4 Å². The molecule has 3 aromatic heterocycles. The van der Waals surface area contributed by atoms with Crippen LogP contribution in [0.2, 0.25) is 0 Å². The van der Waals surface area contributed by atoms with E-state index < -0.39 is 39.8 Å². The average molecular weight is 672 g/mol. The van der Waals surface area contributed by atoms with Crippen LogP contribution in [-0.4, -0.2) is 68.4 Å². The zero-order chi connectivity index (χ0) is 33.8. The van der Waals surface area contributed by atoms with E-state index in [2.05, 4.69) is 15.2 Å². The van der Waals surface area contributed by atoms with Crippen LogP contribution in [0, 0.1) is 13.8 Å². The number of fused-ring (bicyclic) bond motifs is 4. The first-order chi connectivity index (χ1) is 22.2. The maximum atomic E-state index is 14.2. The first kappa shape index (κ1) is 32.4. The number of primary amides is 1. The summed E-state index contributed by atoms with van der Waals surface area (Å²) >= 11 is 0. The van der Waals surface area contributed by atoms with Gasteiger partial charge in [-0.1, -0.05) is 18.2 Å². The van der Waals surface area contributed by atoms with Crippen molar-refractivity contribution in [2.75, 3.05) is 18.0 Å². The lowest BCUT2D eigenvalue weighted by atomic mass is 9.85. The lowest BCUT2D eigenvalue weighted by Crippen LogP contribution is -2.45. The lowest BCUT2D eigenvalue weighted by molar-refractivity contribution is -0.145. The average Bonchev–Trinajstić information content (AvgIpc) is 3.44. The Hall–Kier alpha value is -4.57. The van der Waals surface area contributed by atoms with Gasteiger partial charge in [0.15, 0.2) is 5.65 Å². The second kappa shape index (κ2) is 11.9. The summed E-state index contributed by atoms with van der Waals surface area (Å²) in [6.07, 6.45) is -1.48. The minimum atomic E-state index is -4.73. The highest BCUT2D eigenvalue weighted by Crippen LogP contribution is 2.38. The van der Waals surface area contributed by atoms with Crippen LogP contribution in [-0.2, 0) is 27.5 Å². The molecule has 0 aliphatic carbocycles. The van der Waals surface area contributed by atoms with E-state index in [1.54, 1.807) is 25.1 Å². The number of nitrogens with two attached hydrogens (primary N) is 1. The van der Waals surface area contributed by atoms with Gasteiger partial charge in [0.2, 0.25) is 15.8 Å². The van der Waals surface area contributed by atoms with Crippen LogP contribution >= 0.6 is 0 Å². The highest BCUT2D eigenvalue weighted by atomic mass is 32.2. The Morgan fingerprint density at radius 2 is 1.87 bits per heavy atom. The van der Waals surface area contributed by atoms with Crippen LogP contribution in [0.25, 0.3) is 5.65 Å². The highest BCUT2D eigenvalue weighted by Gasteiger charge is 2.40. The number of hydrogen-bond donors (Lipinski definition) is 2. The summed E-state index contributed by atoms with van der Waals surface area (Å²) in [5.74, 6) is -3.65. The summed E-state index contributed by atoms with van der Waals surface area (Å²) in [6.45, 7) is 4.10. The molecule has 0 bridgehead atoms. The van der Waals surface area contributed by atoms with Crippen molar-refractivity contribution in [2.45, 2.75) is 69.1 Å². The number of carbonyl (C=O) groups excluding carboxylic acids is 1. The number of hydrogen-bond acceptors (Lipinski definition) is 8. The first-order valence-corrected chi connectivity index (χ1v) is 16.4. The smallest absolute Gasteiger partial charge is 0.452 e. The van der Waals surface area contributed by atoms with E-state index in [4.69, 9.17) is 5.73 Å². The number of aryl methyl sites for hydroxylation is 2. The Bertz CT molecular complexity index is 2010. The van der Waals surface area contributed by atoms with Crippen LogP contribution in [0.3, 0.4) is 0 Å². The number of halogens is 3. The minimum Gasteiger partial charge on any atom is -0.481 e. The van der Waals surface area contributed by atoms with Gasteiger partial charge in [-0.05, 0) is 79.1 Å². The molecule has 0 unspecified atom stereocenters. The van der Waals surface area contributed by atoms with Crippen molar-refractivity contribution in [2.24, 2.45) is 5.73 Å². The predicted molar refractivity (Wildman–Crippen MR) is 163 cm³/mol. The van der Waals surface area contributed by atoms with Gasteiger partial charge in [-0.25, -0.2) is 13.4 Å². The number of aromatic nitrogens is 4. The number of rotatable bonds is 7. The zero-order valence-corrected chi connectivity index (χ0v) is 26.3. The van der Waals surface area contributed by atoms with E-state index in [0.29, 0.717) is 35.2 Å². The summed E-state index contributed by atoms with van der Waals surface area (Å²) in [6, 6.07) is 9.18. The zero-order valence-electron chi connectivity index (χ0n) is 25.5. The summed E-state index contributed by atoms with van der Waals surface area (Å²) in [4.78, 5) is 30.3. The minimum absolute atomic E-state index is 0.0275. The molecule has 4 aromatic rings. The SMILES string of the molecule is Cc1ccc([C@H](CC(=O)O)c2ccn3c(C(F)(F)F)nnc3c2C)cc1CN1C[C@H]2CCCCN2c2nc(C(N)=O)ccc2S1(=O)=O. The maximum Gasteiger partial charge on any atom is 0.452 e. The Morgan fingerprint density at radius 3 is 2.57 bits per heavy atom. The highest BCUT2D eigenvalue weighted by molar-refractivity contribution is 7.89. The fourth-order valence-corrected chi connectivity index (χ4v) is 8.18. The fraction of sp³-hybridized carbons (Fsp3) is 0.387. The number of carboxylic acids is 1. The molecule has 5 heterocycles. The Balaban J connectivity index is 1.41. The van der Waals surface area contributed by atoms with Gasteiger partial charge in [-0.2, -0.15) is 17.5 Å². The van der Waals surface area contributed by atoms with Crippen molar-refractivity contribution in [3.05, 3.63) is 81.9 Å². The van der Waals surface area contributed by atoms with E-state index >= 15 is 0 Å². The standard InChI is InChI=1S/C31H32F3N7O5S/c1-17-6-7-19(23(14-26(42)43)22-10-12-41-28(18(22)2)37-38-30(41)31(32,33)34)13-20(17)15-39-16-21-5-3-4-11-40(21)29-25(47(39,45)46)9-8-24(36-29)27(35)44/h6-10,12-13,21,23H,3-5,11,14-16H2,1-2H3,(H2,35,44)(H,42,43)/t21-,23+/m1/s1. The largest absolute Gasteiger partial charge is 0.481 e. The molecular formula is C31H32F3N7O5S. The van der Waals surface area contributed by atoms with Crippen molar-refractivity contribution in [3.63, 3.8) is 0 Å². The molecule has 1 aromatic carbocycles. The van der Waals surface area contributed by atoms with E-state index in [0.717, 1.165) is 22.8 Å².